The Bertz CT molecular complexity index is 539. The summed E-state index contributed by atoms with van der Waals surface area (Å²) in [5.41, 5.74) is -0.0302. The highest BCUT2D eigenvalue weighted by Gasteiger charge is 2.28. The molecule has 2 rings (SSSR count). The number of carbonyl (C=O) groups excluding carboxylic acids is 1. The molecule has 1 atom stereocenters. The number of benzene rings is 1. The van der Waals surface area contributed by atoms with Crippen LogP contribution in [0.1, 0.15) is 30.1 Å². The average molecular weight is 293 g/mol. The summed E-state index contributed by atoms with van der Waals surface area (Å²) in [7, 11) is 1.45. The Morgan fingerprint density at radius 3 is 2.71 bits per heavy atom. The SMILES string of the molecule is COc1ccc(OCC(=O)NC(C)C2CC2)c(C(=O)O)c1. The molecule has 1 aliphatic rings. The van der Waals surface area contributed by atoms with Gasteiger partial charge >= 0.3 is 5.97 Å². The van der Waals surface area contributed by atoms with Gasteiger partial charge in [0.1, 0.15) is 17.1 Å². The number of nitrogens with one attached hydrogen (secondary N) is 1. The van der Waals surface area contributed by atoms with Crippen LogP contribution in [-0.2, 0) is 4.79 Å². The monoisotopic (exact) mass is 293 g/mol. The molecule has 6 heteroatoms. The third-order valence-electron chi connectivity index (χ3n) is 3.49. The lowest BCUT2D eigenvalue weighted by molar-refractivity contribution is -0.123. The van der Waals surface area contributed by atoms with E-state index in [1.165, 1.54) is 19.2 Å². The van der Waals surface area contributed by atoms with Crippen LogP contribution in [0.2, 0.25) is 0 Å². The van der Waals surface area contributed by atoms with E-state index in [2.05, 4.69) is 5.32 Å². The van der Waals surface area contributed by atoms with Gasteiger partial charge in [-0.1, -0.05) is 0 Å². The highest BCUT2D eigenvalue weighted by Crippen LogP contribution is 2.32. The summed E-state index contributed by atoms with van der Waals surface area (Å²) in [4.78, 5) is 22.9. The minimum absolute atomic E-state index is 0.0302. The number of carboxylic acids is 1. The molecule has 21 heavy (non-hydrogen) atoms. The lowest BCUT2D eigenvalue weighted by Gasteiger charge is -2.14. The van der Waals surface area contributed by atoms with Crippen molar-refractivity contribution in [1.82, 2.24) is 5.32 Å². The first-order chi connectivity index (χ1) is 10.0. The number of carboxylic acid groups (broad SMARTS) is 1. The highest BCUT2D eigenvalue weighted by atomic mass is 16.5. The van der Waals surface area contributed by atoms with Crippen LogP contribution in [0.15, 0.2) is 18.2 Å². The largest absolute Gasteiger partial charge is 0.497 e. The van der Waals surface area contributed by atoms with Crippen molar-refractivity contribution in [3.63, 3.8) is 0 Å². The van der Waals surface area contributed by atoms with Gasteiger partial charge in [-0.05, 0) is 43.9 Å². The van der Waals surface area contributed by atoms with Gasteiger partial charge in [0.15, 0.2) is 6.61 Å². The lowest BCUT2D eigenvalue weighted by atomic mass is 10.2. The van der Waals surface area contributed by atoms with Crippen LogP contribution in [0.25, 0.3) is 0 Å². The summed E-state index contributed by atoms with van der Waals surface area (Å²) in [6.45, 7) is 1.76. The summed E-state index contributed by atoms with van der Waals surface area (Å²) in [6.07, 6.45) is 2.29. The quantitative estimate of drug-likeness (QED) is 0.799. The molecule has 0 spiro atoms. The first-order valence-electron chi connectivity index (χ1n) is 6.84. The molecule has 0 saturated heterocycles. The van der Waals surface area contributed by atoms with E-state index in [9.17, 15) is 9.59 Å². The molecule has 1 unspecified atom stereocenters. The smallest absolute Gasteiger partial charge is 0.339 e. The Hall–Kier alpha value is -2.24. The van der Waals surface area contributed by atoms with E-state index in [0.717, 1.165) is 12.8 Å². The first-order valence-corrected chi connectivity index (χ1v) is 6.84. The maximum absolute atomic E-state index is 11.8. The predicted molar refractivity (Wildman–Crippen MR) is 75.8 cm³/mol. The zero-order valence-electron chi connectivity index (χ0n) is 12.1. The number of hydrogen-bond donors (Lipinski definition) is 2. The van der Waals surface area contributed by atoms with E-state index in [4.69, 9.17) is 14.6 Å². The summed E-state index contributed by atoms with van der Waals surface area (Å²) in [5.74, 6) is -0.245. The third kappa shape index (κ3) is 4.11. The van der Waals surface area contributed by atoms with Crippen LogP contribution in [0.3, 0.4) is 0 Å². The van der Waals surface area contributed by atoms with E-state index in [-0.39, 0.29) is 29.9 Å². The summed E-state index contributed by atoms with van der Waals surface area (Å²) >= 11 is 0. The molecule has 6 nitrogen and oxygen atoms in total. The average Bonchev–Trinajstić information content (AvgIpc) is 3.29. The van der Waals surface area contributed by atoms with E-state index >= 15 is 0 Å². The molecule has 1 fully saturated rings. The van der Waals surface area contributed by atoms with Crippen molar-refractivity contribution in [3.8, 4) is 11.5 Å². The maximum Gasteiger partial charge on any atom is 0.339 e. The van der Waals surface area contributed by atoms with Crippen LogP contribution in [0.5, 0.6) is 11.5 Å². The second-order valence-corrected chi connectivity index (χ2v) is 5.15. The van der Waals surface area contributed by atoms with Gasteiger partial charge in [0.2, 0.25) is 0 Å². The molecule has 1 saturated carbocycles. The molecule has 0 bridgehead atoms. The van der Waals surface area contributed by atoms with Crippen molar-refractivity contribution in [2.75, 3.05) is 13.7 Å². The van der Waals surface area contributed by atoms with Gasteiger partial charge in [-0.3, -0.25) is 4.79 Å². The number of amides is 1. The van der Waals surface area contributed by atoms with E-state index in [0.29, 0.717) is 11.7 Å². The second kappa shape index (κ2) is 6.47. The van der Waals surface area contributed by atoms with Crippen LogP contribution < -0.4 is 14.8 Å². The molecular formula is C15H19NO5. The Morgan fingerprint density at radius 2 is 2.14 bits per heavy atom. The van der Waals surface area contributed by atoms with Crippen molar-refractivity contribution >= 4 is 11.9 Å². The van der Waals surface area contributed by atoms with E-state index in [1.807, 2.05) is 6.92 Å². The fourth-order valence-corrected chi connectivity index (χ4v) is 2.08. The first kappa shape index (κ1) is 15.2. The van der Waals surface area contributed by atoms with E-state index in [1.54, 1.807) is 6.07 Å². The predicted octanol–water partition coefficient (Wildman–Crippen LogP) is 1.69. The van der Waals surface area contributed by atoms with Gasteiger partial charge in [-0.25, -0.2) is 4.79 Å². The van der Waals surface area contributed by atoms with Crippen LogP contribution in [0, 0.1) is 5.92 Å². The summed E-state index contributed by atoms with van der Waals surface area (Å²) < 4.78 is 10.3. The minimum Gasteiger partial charge on any atom is -0.497 e. The van der Waals surface area contributed by atoms with Crippen molar-refractivity contribution in [2.24, 2.45) is 5.92 Å². The molecule has 0 aromatic heterocycles. The fraction of sp³-hybridized carbons (Fsp3) is 0.467. The van der Waals surface area contributed by atoms with Crippen molar-refractivity contribution in [3.05, 3.63) is 23.8 Å². The third-order valence-corrected chi connectivity index (χ3v) is 3.49. The Morgan fingerprint density at radius 1 is 1.43 bits per heavy atom. The molecule has 0 radical (unpaired) electrons. The van der Waals surface area contributed by atoms with Crippen LogP contribution in [-0.4, -0.2) is 36.7 Å². The standard InChI is InChI=1S/C15H19NO5/c1-9(10-3-4-10)16-14(17)8-21-13-6-5-11(20-2)7-12(13)15(18)19/h5-7,9-10H,3-4,8H2,1-2H3,(H,16,17)(H,18,19). The number of hydrogen-bond acceptors (Lipinski definition) is 4. The second-order valence-electron chi connectivity index (χ2n) is 5.15. The van der Waals surface area contributed by atoms with Gasteiger partial charge in [-0.2, -0.15) is 0 Å². The molecule has 1 aliphatic carbocycles. The number of methoxy groups -OCH3 is 1. The minimum atomic E-state index is -1.13. The van der Waals surface area contributed by atoms with Crippen LogP contribution >= 0.6 is 0 Å². The summed E-state index contributed by atoms with van der Waals surface area (Å²) in [6, 6.07) is 4.57. The molecular weight excluding hydrogens is 274 g/mol. The van der Waals surface area contributed by atoms with E-state index < -0.39 is 5.97 Å². The van der Waals surface area contributed by atoms with Gasteiger partial charge in [0, 0.05) is 6.04 Å². The van der Waals surface area contributed by atoms with Crippen molar-refractivity contribution < 1.29 is 24.2 Å². The topological polar surface area (TPSA) is 84.9 Å². The van der Waals surface area contributed by atoms with Crippen LogP contribution in [0.4, 0.5) is 0 Å². The molecule has 114 valence electrons. The molecule has 0 heterocycles. The molecule has 0 aliphatic heterocycles. The highest BCUT2D eigenvalue weighted by molar-refractivity contribution is 5.91. The van der Waals surface area contributed by atoms with Gasteiger partial charge in [-0.15, -0.1) is 0 Å². The van der Waals surface area contributed by atoms with Crippen molar-refractivity contribution in [2.45, 2.75) is 25.8 Å². The zero-order chi connectivity index (χ0) is 15.4. The number of carbonyl (C=O) groups is 2. The number of ether oxygens (including phenoxy) is 2. The molecule has 2 N–H and O–H groups in total. The Balaban J connectivity index is 1.95. The molecule has 1 aromatic carbocycles. The number of aromatic carboxylic acids is 1. The van der Waals surface area contributed by atoms with Gasteiger partial charge in [0.05, 0.1) is 7.11 Å². The zero-order valence-corrected chi connectivity index (χ0v) is 12.1. The van der Waals surface area contributed by atoms with Gasteiger partial charge < -0.3 is 19.9 Å². The lowest BCUT2D eigenvalue weighted by Crippen LogP contribution is -2.37. The normalized spacial score (nSPS) is 15.1. The molecule has 1 amide bonds. The van der Waals surface area contributed by atoms with Gasteiger partial charge in [0.25, 0.3) is 5.91 Å². The number of rotatable bonds is 7. The fourth-order valence-electron chi connectivity index (χ4n) is 2.08. The Labute approximate surface area is 123 Å². The summed E-state index contributed by atoms with van der Waals surface area (Å²) in [5, 5.41) is 12.0. The maximum atomic E-state index is 11.8. The molecule has 1 aromatic rings. The Kier molecular flexibility index (Phi) is 4.67. The van der Waals surface area contributed by atoms with Crippen molar-refractivity contribution in [1.29, 1.82) is 0 Å².